The fourth-order valence-corrected chi connectivity index (χ4v) is 0.765. The van der Waals surface area contributed by atoms with Gasteiger partial charge in [0.15, 0.2) is 0 Å². The molecule has 0 heterocycles. The summed E-state index contributed by atoms with van der Waals surface area (Å²) in [5.41, 5.74) is 5.56. The summed E-state index contributed by atoms with van der Waals surface area (Å²) in [5, 5.41) is 0. The molecule has 0 spiro atoms. The van der Waals surface area contributed by atoms with Crippen LogP contribution in [0.15, 0.2) is 0 Å². The van der Waals surface area contributed by atoms with Gasteiger partial charge in [-0.05, 0) is 26.6 Å². The van der Waals surface area contributed by atoms with Crippen LogP contribution in [0, 0.1) is 0 Å². The lowest BCUT2D eigenvalue weighted by atomic mass is 10.2. The Bertz CT molecular complexity index is 66.1. The minimum Gasteiger partial charge on any atom is -0.328 e. The van der Waals surface area contributed by atoms with Crippen LogP contribution in [-0.4, -0.2) is 30.2 Å². The van der Waals surface area contributed by atoms with Gasteiger partial charge in [0.2, 0.25) is 0 Å². The molecule has 0 aromatic heterocycles. The van der Waals surface area contributed by atoms with Crippen molar-refractivity contribution in [1.82, 2.24) is 4.31 Å². The van der Waals surface area contributed by atoms with E-state index in [1.807, 2.05) is 6.92 Å². The Labute approximate surface area is 61.9 Å². The molecule has 2 nitrogen and oxygen atoms in total. The average molecular weight is 148 g/mol. The zero-order valence-electron chi connectivity index (χ0n) is 6.42. The summed E-state index contributed by atoms with van der Waals surface area (Å²) >= 11 is 1.74. The quantitative estimate of drug-likeness (QED) is 0.601. The van der Waals surface area contributed by atoms with E-state index in [9.17, 15) is 0 Å². The molecule has 0 aliphatic carbocycles. The molecule has 0 saturated heterocycles. The third-order valence-electron chi connectivity index (χ3n) is 1.21. The highest BCUT2D eigenvalue weighted by Crippen LogP contribution is 2.01. The molecule has 0 fully saturated rings. The fourth-order valence-electron chi connectivity index (χ4n) is 0.477. The van der Waals surface area contributed by atoms with Gasteiger partial charge in [-0.25, -0.2) is 0 Å². The molecule has 1 unspecified atom stereocenters. The van der Waals surface area contributed by atoms with Gasteiger partial charge in [-0.3, -0.25) is 4.31 Å². The second-order valence-corrected chi connectivity index (χ2v) is 3.29. The van der Waals surface area contributed by atoms with Crippen LogP contribution in [0.4, 0.5) is 0 Å². The van der Waals surface area contributed by atoms with E-state index in [0.29, 0.717) is 6.04 Å². The van der Waals surface area contributed by atoms with E-state index in [1.165, 1.54) is 0 Å². The predicted octanol–water partition coefficient (Wildman–Crippen LogP) is 0.933. The molecular weight excluding hydrogens is 132 g/mol. The molecule has 0 aliphatic heterocycles. The van der Waals surface area contributed by atoms with Gasteiger partial charge in [-0.2, -0.15) is 0 Å². The van der Waals surface area contributed by atoms with E-state index in [4.69, 9.17) is 5.73 Å². The second kappa shape index (κ2) is 5.09. The minimum atomic E-state index is 0.333. The average Bonchev–Trinajstić information content (AvgIpc) is 1.83. The van der Waals surface area contributed by atoms with Gasteiger partial charge in [-0.15, -0.1) is 0 Å². The highest BCUT2D eigenvalue weighted by molar-refractivity contribution is 7.96. The van der Waals surface area contributed by atoms with E-state index in [2.05, 4.69) is 17.6 Å². The van der Waals surface area contributed by atoms with Crippen LogP contribution >= 0.6 is 11.9 Å². The van der Waals surface area contributed by atoms with E-state index in [0.717, 1.165) is 13.0 Å². The first kappa shape index (κ1) is 9.27. The summed E-state index contributed by atoms with van der Waals surface area (Å²) in [7, 11) is 2.08. The van der Waals surface area contributed by atoms with Crippen molar-refractivity contribution in [2.24, 2.45) is 5.73 Å². The number of hydrogen-bond acceptors (Lipinski definition) is 3. The Balaban J connectivity index is 3.06. The summed E-state index contributed by atoms with van der Waals surface area (Å²) in [6.45, 7) is 3.12. The standard InChI is InChI=1S/C6H16N2S/c1-6(7)4-5-8(2)9-3/h6H,4-5,7H2,1-3H3. The molecule has 3 heteroatoms. The summed E-state index contributed by atoms with van der Waals surface area (Å²) in [6.07, 6.45) is 3.15. The van der Waals surface area contributed by atoms with Crippen LogP contribution < -0.4 is 5.73 Å². The molecule has 0 bridgehead atoms. The molecule has 0 aromatic rings. The molecule has 0 aliphatic rings. The molecule has 0 amide bonds. The van der Waals surface area contributed by atoms with Crippen molar-refractivity contribution < 1.29 is 0 Å². The predicted molar refractivity (Wildman–Crippen MR) is 44.4 cm³/mol. The first-order valence-electron chi connectivity index (χ1n) is 3.17. The first-order valence-corrected chi connectivity index (χ1v) is 4.35. The van der Waals surface area contributed by atoms with Crippen molar-refractivity contribution in [2.45, 2.75) is 19.4 Å². The van der Waals surface area contributed by atoms with Gasteiger partial charge in [0, 0.05) is 12.6 Å². The van der Waals surface area contributed by atoms with Gasteiger partial charge in [0.05, 0.1) is 0 Å². The topological polar surface area (TPSA) is 29.3 Å². The highest BCUT2D eigenvalue weighted by atomic mass is 32.2. The Kier molecular flexibility index (Phi) is 5.24. The van der Waals surface area contributed by atoms with Crippen molar-refractivity contribution in [3.63, 3.8) is 0 Å². The SMILES string of the molecule is CSN(C)CCC(C)N. The van der Waals surface area contributed by atoms with Crippen LogP contribution in [0.2, 0.25) is 0 Å². The number of rotatable bonds is 4. The molecule has 2 N–H and O–H groups in total. The number of hydrogen-bond donors (Lipinski definition) is 1. The Morgan fingerprint density at radius 2 is 2.22 bits per heavy atom. The molecule has 0 rings (SSSR count). The number of nitrogens with two attached hydrogens (primary N) is 1. The highest BCUT2D eigenvalue weighted by Gasteiger charge is 1.96. The maximum absolute atomic E-state index is 5.56. The molecule has 0 aromatic carbocycles. The van der Waals surface area contributed by atoms with Crippen LogP contribution in [0.25, 0.3) is 0 Å². The van der Waals surface area contributed by atoms with Crippen molar-refractivity contribution in [3.8, 4) is 0 Å². The van der Waals surface area contributed by atoms with E-state index >= 15 is 0 Å². The van der Waals surface area contributed by atoms with Gasteiger partial charge in [-0.1, -0.05) is 11.9 Å². The summed E-state index contributed by atoms with van der Waals surface area (Å²) in [6, 6.07) is 0.333. The van der Waals surface area contributed by atoms with Gasteiger partial charge in [0.1, 0.15) is 0 Å². The van der Waals surface area contributed by atoms with Crippen molar-refractivity contribution in [1.29, 1.82) is 0 Å². The maximum Gasteiger partial charge on any atom is 0.0101 e. The molecule has 0 radical (unpaired) electrons. The zero-order valence-corrected chi connectivity index (χ0v) is 7.24. The minimum absolute atomic E-state index is 0.333. The Hall–Kier alpha value is 0.270. The summed E-state index contributed by atoms with van der Waals surface area (Å²) in [5.74, 6) is 0. The Morgan fingerprint density at radius 3 is 2.56 bits per heavy atom. The van der Waals surface area contributed by atoms with Crippen molar-refractivity contribution in [2.75, 3.05) is 19.8 Å². The molecular formula is C6H16N2S. The normalized spacial score (nSPS) is 14.3. The van der Waals surface area contributed by atoms with Crippen LogP contribution in [0.1, 0.15) is 13.3 Å². The largest absolute Gasteiger partial charge is 0.328 e. The monoisotopic (exact) mass is 148 g/mol. The second-order valence-electron chi connectivity index (χ2n) is 2.30. The van der Waals surface area contributed by atoms with Crippen LogP contribution in [0.5, 0.6) is 0 Å². The summed E-state index contributed by atoms with van der Waals surface area (Å²) < 4.78 is 2.18. The summed E-state index contributed by atoms with van der Waals surface area (Å²) in [4.78, 5) is 0. The molecule has 9 heavy (non-hydrogen) atoms. The lowest BCUT2D eigenvalue weighted by molar-refractivity contribution is 0.508. The van der Waals surface area contributed by atoms with Crippen molar-refractivity contribution >= 4 is 11.9 Å². The first-order chi connectivity index (χ1) is 4.16. The molecule has 56 valence electrons. The smallest absolute Gasteiger partial charge is 0.0101 e. The lowest BCUT2D eigenvalue weighted by Gasteiger charge is -2.13. The Morgan fingerprint density at radius 1 is 1.67 bits per heavy atom. The lowest BCUT2D eigenvalue weighted by Crippen LogP contribution is -2.21. The van der Waals surface area contributed by atoms with E-state index < -0.39 is 0 Å². The molecule has 1 atom stereocenters. The van der Waals surface area contributed by atoms with Crippen molar-refractivity contribution in [3.05, 3.63) is 0 Å². The van der Waals surface area contributed by atoms with Crippen LogP contribution in [-0.2, 0) is 0 Å². The van der Waals surface area contributed by atoms with E-state index in [-0.39, 0.29) is 0 Å². The number of nitrogens with zero attached hydrogens (tertiary/aromatic N) is 1. The van der Waals surface area contributed by atoms with E-state index in [1.54, 1.807) is 11.9 Å². The fraction of sp³-hybridized carbons (Fsp3) is 1.00. The maximum atomic E-state index is 5.56. The molecule has 0 saturated carbocycles. The third kappa shape index (κ3) is 6.15. The zero-order chi connectivity index (χ0) is 7.28. The third-order valence-corrected chi connectivity index (χ3v) is 2.02. The van der Waals surface area contributed by atoms with Crippen LogP contribution in [0.3, 0.4) is 0 Å². The van der Waals surface area contributed by atoms with Gasteiger partial charge < -0.3 is 5.73 Å². The van der Waals surface area contributed by atoms with Gasteiger partial charge >= 0.3 is 0 Å². The van der Waals surface area contributed by atoms with Gasteiger partial charge in [0.25, 0.3) is 0 Å².